The van der Waals surface area contributed by atoms with Crippen LogP contribution in [-0.2, 0) is 76.7 Å². The number of rotatable bonds is 45. The molecule has 4 N–H and O–H groups in total. The molecule has 0 atom stereocenters. The fourth-order valence-corrected chi connectivity index (χ4v) is 7.12. The van der Waals surface area contributed by atoms with Crippen molar-refractivity contribution < 1.29 is 107 Å². The van der Waals surface area contributed by atoms with E-state index in [4.69, 9.17) is 67.2 Å². The van der Waals surface area contributed by atoms with Crippen LogP contribution in [-0.4, -0.2) is 213 Å². The summed E-state index contributed by atoms with van der Waals surface area (Å²) in [7, 11) is -5.65. The summed E-state index contributed by atoms with van der Waals surface area (Å²) in [5, 5.41) is 3.85. The molecule has 0 saturated heterocycles. The summed E-state index contributed by atoms with van der Waals surface area (Å²) in [5.74, 6) is -12.8. The number of benzene rings is 2. The summed E-state index contributed by atoms with van der Waals surface area (Å²) in [6.07, 6.45) is 4.29. The van der Waals surface area contributed by atoms with Crippen LogP contribution in [0, 0.1) is 23.3 Å². The number of nitrogens with two attached hydrogens (primary N) is 1. The maximum atomic E-state index is 14.0. The third-order valence-corrected chi connectivity index (χ3v) is 11.2. The Balaban J connectivity index is 1.03. The van der Waals surface area contributed by atoms with Gasteiger partial charge in [0.25, 0.3) is 5.91 Å². The minimum absolute atomic E-state index is 0.0132. The van der Waals surface area contributed by atoms with Gasteiger partial charge in [0.05, 0.1) is 151 Å². The lowest BCUT2D eigenvalue weighted by molar-refractivity contribution is -0.181. The topological polar surface area (TPSA) is 304 Å². The molecule has 0 fully saturated rings. The molecule has 2 aromatic rings. The van der Waals surface area contributed by atoms with Crippen LogP contribution in [0.5, 0.6) is 5.75 Å². The number of amides is 2. The number of nitrogens with zero attached hydrogens (tertiary/aromatic N) is 4. The molecule has 2 amide bonds. The average Bonchev–Trinajstić information content (AvgIpc) is 3.64. The summed E-state index contributed by atoms with van der Waals surface area (Å²) in [5.41, 5.74) is 9.75. The first kappa shape index (κ1) is 69.4. The van der Waals surface area contributed by atoms with Crippen LogP contribution in [0.1, 0.15) is 44.2 Å². The summed E-state index contributed by atoms with van der Waals surface area (Å²) < 4.78 is 150. The molecule has 0 radical (unpaired) electrons. The number of fused-ring (bicyclic) bond motifs is 1. The predicted molar refractivity (Wildman–Crippen MR) is 284 cm³/mol. The van der Waals surface area contributed by atoms with E-state index in [0.29, 0.717) is 117 Å². The van der Waals surface area contributed by atoms with Gasteiger partial charge >= 0.3 is 22.2 Å². The van der Waals surface area contributed by atoms with E-state index in [0.717, 1.165) is 16.7 Å². The minimum atomic E-state index is -5.65. The largest absolute Gasteiger partial charge is 0.447 e. The average molecular weight is 1180 g/mol. The van der Waals surface area contributed by atoms with Gasteiger partial charge in [-0.05, 0) is 43.3 Å². The van der Waals surface area contributed by atoms with Gasteiger partial charge in [0.1, 0.15) is 18.8 Å². The highest BCUT2D eigenvalue weighted by Crippen LogP contribution is 2.33. The highest BCUT2D eigenvalue weighted by Gasteiger charge is 2.34. The van der Waals surface area contributed by atoms with Crippen molar-refractivity contribution in [1.29, 1.82) is 0 Å². The van der Waals surface area contributed by atoms with E-state index in [1.807, 2.05) is 32.0 Å². The maximum absolute atomic E-state index is 14.0. The molecular formula is C51H72F4N6O19S. The third kappa shape index (κ3) is 28.6. The van der Waals surface area contributed by atoms with Gasteiger partial charge in [-0.3, -0.25) is 24.0 Å². The first-order valence-electron chi connectivity index (χ1n) is 25.6. The van der Waals surface area contributed by atoms with Gasteiger partial charge in [-0.15, -0.1) is 0 Å². The molecule has 25 nitrogen and oxygen atoms in total. The number of amidine groups is 1. The van der Waals surface area contributed by atoms with Gasteiger partial charge in [-0.2, -0.15) is 17.2 Å². The predicted octanol–water partition coefficient (Wildman–Crippen LogP) is 4.41. The van der Waals surface area contributed by atoms with Crippen molar-refractivity contribution in [2.75, 3.05) is 158 Å². The normalized spacial score (nSPS) is 12.7. The number of carbonyl (C=O) groups excluding carboxylic acids is 3. The van der Waals surface area contributed by atoms with E-state index in [1.54, 1.807) is 12.3 Å². The minimum Gasteiger partial charge on any atom is -0.447 e. The van der Waals surface area contributed by atoms with Crippen molar-refractivity contribution in [3.05, 3.63) is 64.4 Å². The maximum Gasteiger partial charge on any atom is 0.407 e. The Morgan fingerprint density at radius 2 is 1.20 bits per heavy atom. The molecule has 2 aromatic carbocycles. The molecule has 454 valence electrons. The lowest BCUT2D eigenvalue weighted by Crippen LogP contribution is -2.37. The highest BCUT2D eigenvalue weighted by atomic mass is 32.2. The Bertz CT molecular complexity index is 2460. The van der Waals surface area contributed by atoms with Gasteiger partial charge in [0, 0.05) is 36.8 Å². The Hall–Kier alpha value is -5.87. The van der Waals surface area contributed by atoms with Gasteiger partial charge < -0.3 is 67.9 Å². The van der Waals surface area contributed by atoms with Crippen molar-refractivity contribution in [1.82, 2.24) is 10.4 Å². The molecule has 0 spiro atoms. The SMILES string of the molecule is C=N/C=N\C=C(/C)c1ccc2c(c1)N=C(N)CC(C(=O)N(CCC)OCCNC(=O)OCCOCCOCCOCCOCCOCCOCCOCCOCCOCCOCCC(=O)Oc1c(F)c(F)c(S(=O)(=O)O)c(F)c1F)=C2. The van der Waals surface area contributed by atoms with E-state index < -0.39 is 62.5 Å². The number of allylic oxidation sites excluding steroid dienone is 1. The van der Waals surface area contributed by atoms with Crippen LogP contribution in [0.25, 0.3) is 11.6 Å². The van der Waals surface area contributed by atoms with Crippen molar-refractivity contribution in [2.45, 2.75) is 38.0 Å². The van der Waals surface area contributed by atoms with E-state index in [1.165, 1.54) is 11.4 Å². The zero-order chi connectivity index (χ0) is 59.1. The number of alkyl carbamates (subject to hydrolysis) is 1. The Labute approximate surface area is 467 Å². The first-order chi connectivity index (χ1) is 39.1. The summed E-state index contributed by atoms with van der Waals surface area (Å²) in [6.45, 7) is 13.2. The number of hydroxylamine groups is 2. The van der Waals surface area contributed by atoms with Gasteiger partial charge in [0.15, 0.2) is 16.5 Å². The Morgan fingerprint density at radius 1 is 0.728 bits per heavy atom. The number of aliphatic imine (C=N–C) groups is 3. The van der Waals surface area contributed by atoms with E-state index >= 15 is 0 Å². The number of nitrogens with one attached hydrogen (secondary N) is 1. The molecule has 0 unspecified atom stereocenters. The number of ether oxygens (including phenoxy) is 12. The molecule has 81 heavy (non-hydrogen) atoms. The van der Waals surface area contributed by atoms with Crippen molar-refractivity contribution >= 4 is 64.3 Å². The summed E-state index contributed by atoms with van der Waals surface area (Å²) in [6, 6.07) is 5.65. The van der Waals surface area contributed by atoms with E-state index in [-0.39, 0.29) is 77.6 Å². The van der Waals surface area contributed by atoms with Crippen molar-refractivity contribution in [3.63, 3.8) is 0 Å². The smallest absolute Gasteiger partial charge is 0.407 e. The quantitative estimate of drug-likeness (QED) is 0.00952. The fraction of sp³-hybridized carbons (Fsp3) is 0.569. The molecule has 1 aliphatic heterocycles. The Morgan fingerprint density at radius 3 is 1.65 bits per heavy atom. The van der Waals surface area contributed by atoms with Crippen LogP contribution < -0.4 is 15.8 Å². The van der Waals surface area contributed by atoms with Gasteiger partial charge in [-0.25, -0.2) is 28.6 Å². The van der Waals surface area contributed by atoms with E-state index in [9.17, 15) is 40.4 Å². The van der Waals surface area contributed by atoms with Gasteiger partial charge in [-0.1, -0.05) is 19.1 Å². The molecule has 0 aliphatic carbocycles. The number of esters is 1. The van der Waals surface area contributed by atoms with Crippen LogP contribution in [0.2, 0.25) is 0 Å². The Kier molecular flexibility index (Phi) is 35.3. The van der Waals surface area contributed by atoms with Crippen molar-refractivity contribution in [3.8, 4) is 5.75 Å². The van der Waals surface area contributed by atoms with E-state index in [2.05, 4.69) is 31.7 Å². The second-order valence-electron chi connectivity index (χ2n) is 16.5. The lowest BCUT2D eigenvalue weighted by Gasteiger charge is -2.22. The lowest BCUT2D eigenvalue weighted by atomic mass is 10.0. The van der Waals surface area contributed by atoms with Crippen LogP contribution >= 0.6 is 0 Å². The summed E-state index contributed by atoms with van der Waals surface area (Å²) in [4.78, 5) is 53.2. The zero-order valence-electron chi connectivity index (χ0n) is 45.3. The number of hydrogen-bond acceptors (Lipinski definition) is 21. The molecule has 1 heterocycles. The van der Waals surface area contributed by atoms with Crippen LogP contribution in [0.4, 0.5) is 28.0 Å². The molecule has 0 bridgehead atoms. The number of hydrogen-bond donors (Lipinski definition) is 3. The molecule has 0 saturated carbocycles. The third-order valence-electron chi connectivity index (χ3n) is 10.3. The van der Waals surface area contributed by atoms with Crippen LogP contribution in [0.3, 0.4) is 0 Å². The molecule has 1 aliphatic rings. The molecule has 3 rings (SSSR count). The molecule has 30 heteroatoms. The monoisotopic (exact) mass is 1180 g/mol. The van der Waals surface area contributed by atoms with Crippen molar-refractivity contribution in [2.24, 2.45) is 20.7 Å². The second-order valence-corrected chi connectivity index (χ2v) is 17.9. The highest BCUT2D eigenvalue weighted by molar-refractivity contribution is 7.85. The number of halogens is 4. The molecular weight excluding hydrogens is 1110 g/mol. The molecule has 0 aromatic heterocycles. The van der Waals surface area contributed by atoms with Crippen LogP contribution in [0.15, 0.2) is 49.8 Å². The van der Waals surface area contributed by atoms with Gasteiger partial charge in [0.2, 0.25) is 17.4 Å². The summed E-state index contributed by atoms with van der Waals surface area (Å²) >= 11 is 0. The standard InChI is InChI=1S/C51H72F4N6O19S/c1-4-9-61(50(63)40-32-39-6-5-38(37(2)35-58-36-57-3)33-41(39)60-42(56)34-40)79-11-8-59-51(64)78-31-30-77-29-28-76-27-26-75-25-24-74-23-22-73-21-20-72-19-18-71-17-16-70-15-14-69-13-12-68-10-7-43(62)80-48-44(52)46(54)49(81(65,66)67)47(55)45(48)53/h5-6,32-33,35-36H,3-4,7-31,34H2,1-2H3,(H2,56,60)(H,59,64)(H,65,66,67)/b37-35+,58-36-. The fourth-order valence-electron chi connectivity index (χ4n) is 6.49. The first-order valence-corrected chi connectivity index (χ1v) is 27.0. The second kappa shape index (κ2) is 41.2. The number of carbonyl (C=O) groups is 3. The zero-order valence-corrected chi connectivity index (χ0v) is 46.2.